The SMILES string of the molecule is CCCCCCCCCCCC[NH+](CCC)CC(C)O.[Br-]. The van der Waals surface area contributed by atoms with Crippen molar-refractivity contribution in [3.05, 3.63) is 0 Å². The van der Waals surface area contributed by atoms with Crippen LogP contribution in [0.3, 0.4) is 0 Å². The first-order valence-electron chi connectivity index (χ1n) is 9.22. The van der Waals surface area contributed by atoms with Crippen LogP contribution in [0.15, 0.2) is 0 Å². The van der Waals surface area contributed by atoms with Crippen molar-refractivity contribution >= 4 is 0 Å². The number of hydrogen-bond donors (Lipinski definition) is 2. The van der Waals surface area contributed by atoms with Crippen LogP contribution in [0.2, 0.25) is 0 Å². The van der Waals surface area contributed by atoms with E-state index in [0.29, 0.717) is 0 Å². The summed E-state index contributed by atoms with van der Waals surface area (Å²) in [7, 11) is 0. The van der Waals surface area contributed by atoms with E-state index in [1.807, 2.05) is 6.92 Å². The van der Waals surface area contributed by atoms with Gasteiger partial charge in [0.25, 0.3) is 0 Å². The van der Waals surface area contributed by atoms with Crippen LogP contribution in [0.1, 0.15) is 91.4 Å². The fourth-order valence-corrected chi connectivity index (χ4v) is 2.96. The minimum Gasteiger partial charge on any atom is -1.00 e. The molecular weight excluding hydrogens is 326 g/mol. The van der Waals surface area contributed by atoms with Gasteiger partial charge in [-0.3, -0.25) is 0 Å². The Bertz CT molecular complexity index is 188. The maximum Gasteiger partial charge on any atom is 0.103 e. The van der Waals surface area contributed by atoms with Crippen molar-refractivity contribution in [1.82, 2.24) is 0 Å². The van der Waals surface area contributed by atoms with Gasteiger partial charge in [-0.2, -0.15) is 0 Å². The molecule has 3 heteroatoms. The molecule has 0 saturated carbocycles. The molecule has 0 radical (unpaired) electrons. The van der Waals surface area contributed by atoms with Crippen LogP contribution >= 0.6 is 0 Å². The van der Waals surface area contributed by atoms with E-state index in [2.05, 4.69) is 13.8 Å². The number of unbranched alkanes of at least 4 members (excludes halogenated alkanes) is 9. The average molecular weight is 366 g/mol. The summed E-state index contributed by atoms with van der Waals surface area (Å²) in [6.07, 6.45) is 15.1. The van der Waals surface area contributed by atoms with Gasteiger partial charge in [-0.25, -0.2) is 0 Å². The lowest BCUT2D eigenvalue weighted by Gasteiger charge is -2.20. The van der Waals surface area contributed by atoms with Crippen molar-refractivity contribution in [3.8, 4) is 0 Å². The molecule has 0 aromatic rings. The third-order valence-electron chi connectivity index (χ3n) is 4.07. The molecule has 0 aromatic carbocycles. The maximum atomic E-state index is 9.49. The molecule has 2 N–H and O–H groups in total. The van der Waals surface area contributed by atoms with Crippen LogP contribution in [-0.4, -0.2) is 30.8 Å². The molecule has 2 nitrogen and oxygen atoms in total. The van der Waals surface area contributed by atoms with E-state index in [-0.39, 0.29) is 23.1 Å². The number of hydrogen-bond acceptors (Lipinski definition) is 1. The summed E-state index contributed by atoms with van der Waals surface area (Å²) in [4.78, 5) is 1.59. The quantitative estimate of drug-likeness (QED) is 0.408. The third-order valence-corrected chi connectivity index (χ3v) is 4.07. The molecule has 21 heavy (non-hydrogen) atoms. The highest BCUT2D eigenvalue weighted by Crippen LogP contribution is 2.09. The van der Waals surface area contributed by atoms with Crippen LogP contribution in [0, 0.1) is 0 Å². The molecule has 0 amide bonds. The fraction of sp³-hybridized carbons (Fsp3) is 1.00. The Hall–Kier alpha value is 0.400. The molecule has 2 atom stereocenters. The Morgan fingerprint density at radius 1 is 0.714 bits per heavy atom. The van der Waals surface area contributed by atoms with Crippen molar-refractivity contribution in [3.63, 3.8) is 0 Å². The molecule has 0 bridgehead atoms. The predicted molar refractivity (Wildman–Crippen MR) is 89.4 cm³/mol. The van der Waals surface area contributed by atoms with Crippen molar-refractivity contribution < 1.29 is 27.0 Å². The van der Waals surface area contributed by atoms with Gasteiger partial charge in [0.2, 0.25) is 0 Å². The second kappa shape index (κ2) is 18.4. The van der Waals surface area contributed by atoms with Crippen LogP contribution in [0.4, 0.5) is 0 Å². The second-order valence-corrected chi connectivity index (χ2v) is 6.49. The minimum atomic E-state index is -0.153. The van der Waals surface area contributed by atoms with Crippen LogP contribution < -0.4 is 21.9 Å². The zero-order valence-electron chi connectivity index (χ0n) is 14.8. The normalized spacial score (nSPS) is 13.7. The molecule has 0 saturated heterocycles. The molecule has 0 heterocycles. The number of aliphatic hydroxyl groups excluding tert-OH is 1. The molecule has 0 aliphatic heterocycles. The first-order chi connectivity index (χ1) is 9.70. The van der Waals surface area contributed by atoms with Gasteiger partial charge in [0.1, 0.15) is 12.6 Å². The summed E-state index contributed by atoms with van der Waals surface area (Å²) in [6, 6.07) is 0. The molecular formula is C18H40BrNO. The van der Waals surface area contributed by atoms with Crippen molar-refractivity contribution in [2.24, 2.45) is 0 Å². The molecule has 130 valence electrons. The Labute approximate surface area is 144 Å². The lowest BCUT2D eigenvalue weighted by atomic mass is 10.1. The van der Waals surface area contributed by atoms with Gasteiger partial charge in [-0.05, 0) is 26.2 Å². The van der Waals surface area contributed by atoms with E-state index in [4.69, 9.17) is 0 Å². The Morgan fingerprint density at radius 3 is 1.62 bits per heavy atom. The Kier molecular flexibility index (Phi) is 20.8. The molecule has 0 aliphatic rings. The summed E-state index contributed by atoms with van der Waals surface area (Å²) in [5.74, 6) is 0. The number of rotatable bonds is 15. The summed E-state index contributed by atoms with van der Waals surface area (Å²) < 4.78 is 0. The number of halogens is 1. The summed E-state index contributed by atoms with van der Waals surface area (Å²) in [6.45, 7) is 9.80. The van der Waals surface area contributed by atoms with E-state index in [9.17, 15) is 5.11 Å². The topological polar surface area (TPSA) is 24.7 Å². The van der Waals surface area contributed by atoms with Gasteiger partial charge in [0, 0.05) is 0 Å². The van der Waals surface area contributed by atoms with E-state index in [1.165, 1.54) is 83.7 Å². The molecule has 0 fully saturated rings. The highest BCUT2D eigenvalue weighted by molar-refractivity contribution is 4.48. The van der Waals surface area contributed by atoms with Crippen LogP contribution in [0.5, 0.6) is 0 Å². The molecule has 0 rings (SSSR count). The standard InChI is InChI=1S/C18H39NO.BrH/c1-4-6-7-8-9-10-11-12-13-14-16-19(15-5-2)17-18(3)20;/h18,20H,4-17H2,1-3H3;1H. The number of aliphatic hydroxyl groups is 1. The summed E-state index contributed by atoms with van der Waals surface area (Å²) in [5, 5.41) is 9.49. The lowest BCUT2D eigenvalue weighted by molar-refractivity contribution is -0.903. The van der Waals surface area contributed by atoms with Crippen molar-refractivity contribution in [2.75, 3.05) is 19.6 Å². The lowest BCUT2D eigenvalue weighted by Crippen LogP contribution is -3.13. The molecule has 2 unspecified atom stereocenters. The summed E-state index contributed by atoms with van der Waals surface area (Å²) in [5.41, 5.74) is 0. The highest BCUT2D eigenvalue weighted by atomic mass is 79.9. The van der Waals surface area contributed by atoms with E-state index in [1.54, 1.807) is 4.90 Å². The molecule has 0 aromatic heterocycles. The van der Waals surface area contributed by atoms with Gasteiger partial charge in [0.15, 0.2) is 0 Å². The average Bonchev–Trinajstić information content (AvgIpc) is 2.40. The second-order valence-electron chi connectivity index (χ2n) is 6.49. The van der Waals surface area contributed by atoms with Crippen molar-refractivity contribution in [1.29, 1.82) is 0 Å². The smallest absolute Gasteiger partial charge is 0.103 e. The van der Waals surface area contributed by atoms with E-state index >= 15 is 0 Å². The predicted octanol–water partition coefficient (Wildman–Crippen LogP) is 0.587. The largest absolute Gasteiger partial charge is 1.00 e. The van der Waals surface area contributed by atoms with Crippen LogP contribution in [0.25, 0.3) is 0 Å². The zero-order valence-corrected chi connectivity index (χ0v) is 16.4. The third kappa shape index (κ3) is 18.4. The van der Waals surface area contributed by atoms with Crippen molar-refractivity contribution in [2.45, 2.75) is 97.5 Å². The van der Waals surface area contributed by atoms with Crippen LogP contribution in [-0.2, 0) is 0 Å². The Morgan fingerprint density at radius 2 is 1.19 bits per heavy atom. The van der Waals surface area contributed by atoms with Gasteiger partial charge < -0.3 is 27.0 Å². The fourth-order valence-electron chi connectivity index (χ4n) is 2.96. The van der Waals surface area contributed by atoms with Gasteiger partial charge >= 0.3 is 0 Å². The van der Waals surface area contributed by atoms with E-state index in [0.717, 1.165) is 6.54 Å². The first kappa shape index (κ1) is 23.7. The zero-order chi connectivity index (χ0) is 15.1. The maximum absolute atomic E-state index is 9.49. The van der Waals surface area contributed by atoms with Gasteiger partial charge in [-0.1, -0.05) is 65.2 Å². The summed E-state index contributed by atoms with van der Waals surface area (Å²) >= 11 is 0. The Balaban J connectivity index is 0. The highest BCUT2D eigenvalue weighted by Gasteiger charge is 2.09. The van der Waals surface area contributed by atoms with Gasteiger partial charge in [0.05, 0.1) is 13.1 Å². The monoisotopic (exact) mass is 365 g/mol. The minimum absolute atomic E-state index is 0. The number of nitrogens with one attached hydrogen (secondary N) is 1. The molecule has 0 spiro atoms. The first-order valence-corrected chi connectivity index (χ1v) is 9.22. The van der Waals surface area contributed by atoms with Gasteiger partial charge in [-0.15, -0.1) is 0 Å². The molecule has 0 aliphatic carbocycles. The van der Waals surface area contributed by atoms with E-state index < -0.39 is 0 Å². The number of quaternary nitrogens is 1.